The van der Waals surface area contributed by atoms with E-state index in [0.29, 0.717) is 51.0 Å². The third-order valence-electron chi connectivity index (χ3n) is 5.22. The summed E-state index contributed by atoms with van der Waals surface area (Å²) in [5.74, 6) is -0.239. The van der Waals surface area contributed by atoms with E-state index in [1.807, 2.05) is 48.2 Å². The molecule has 2 rings (SSSR count). The Morgan fingerprint density at radius 2 is 1.45 bits per heavy atom. The van der Waals surface area contributed by atoms with Gasteiger partial charge in [0.25, 0.3) is 5.91 Å². The Labute approximate surface area is 172 Å². The van der Waals surface area contributed by atoms with Gasteiger partial charge in [-0.15, -0.1) is 0 Å². The van der Waals surface area contributed by atoms with Gasteiger partial charge >= 0.3 is 0 Å². The number of piperazine rings is 1. The Morgan fingerprint density at radius 3 is 2.00 bits per heavy atom. The lowest BCUT2D eigenvalue weighted by Crippen LogP contribution is -2.50. The lowest BCUT2D eigenvalue weighted by molar-refractivity contribution is -0.133. The van der Waals surface area contributed by atoms with E-state index in [1.54, 1.807) is 10.4 Å². The summed E-state index contributed by atoms with van der Waals surface area (Å²) in [5.41, 5.74) is 3.34. The molecule has 0 aromatic heterocycles. The molecule has 3 amide bonds. The molecule has 1 aromatic rings. The molecule has 8 nitrogen and oxygen atoms in total. The molecule has 1 aliphatic heterocycles. The molecule has 1 saturated heterocycles. The van der Waals surface area contributed by atoms with Crippen molar-refractivity contribution in [3.05, 3.63) is 29.8 Å². The van der Waals surface area contributed by atoms with Crippen LogP contribution in [-0.4, -0.2) is 73.0 Å². The molecule has 0 saturated carbocycles. The third kappa shape index (κ3) is 7.05. The van der Waals surface area contributed by atoms with Crippen LogP contribution in [-0.2, 0) is 9.59 Å². The second-order valence-corrected chi connectivity index (χ2v) is 7.56. The molecule has 1 aliphatic rings. The van der Waals surface area contributed by atoms with Crippen molar-refractivity contribution in [2.45, 2.75) is 38.5 Å². The van der Waals surface area contributed by atoms with E-state index in [4.69, 9.17) is 5.21 Å². The molecule has 2 N–H and O–H groups in total. The molecule has 1 heterocycles. The first-order valence-electron chi connectivity index (χ1n) is 10.2. The predicted molar refractivity (Wildman–Crippen MR) is 111 cm³/mol. The Kier molecular flexibility index (Phi) is 8.92. The van der Waals surface area contributed by atoms with Gasteiger partial charge in [-0.1, -0.05) is 12.8 Å². The highest BCUT2D eigenvalue weighted by atomic mass is 16.5. The van der Waals surface area contributed by atoms with E-state index >= 15 is 0 Å². The van der Waals surface area contributed by atoms with Gasteiger partial charge in [0.15, 0.2) is 0 Å². The summed E-state index contributed by atoms with van der Waals surface area (Å²) in [7, 11) is 3.92. The summed E-state index contributed by atoms with van der Waals surface area (Å²) in [5, 5.41) is 8.43. The van der Waals surface area contributed by atoms with Crippen LogP contribution in [0.4, 0.5) is 5.69 Å². The number of hydrogen-bond donors (Lipinski definition) is 2. The van der Waals surface area contributed by atoms with Crippen molar-refractivity contribution >= 4 is 23.4 Å². The van der Waals surface area contributed by atoms with Crippen LogP contribution < -0.4 is 10.4 Å². The van der Waals surface area contributed by atoms with E-state index < -0.39 is 0 Å². The summed E-state index contributed by atoms with van der Waals surface area (Å²) in [6, 6.07) is 7.56. The zero-order valence-corrected chi connectivity index (χ0v) is 17.4. The topological polar surface area (TPSA) is 93.2 Å². The van der Waals surface area contributed by atoms with E-state index in [0.717, 1.165) is 24.9 Å². The lowest BCUT2D eigenvalue weighted by atomic mass is 10.1. The number of unbranched alkanes of at least 4 members (excludes halogenated alkanes) is 3. The molecule has 1 aromatic carbocycles. The van der Waals surface area contributed by atoms with Gasteiger partial charge in [-0.25, -0.2) is 5.48 Å². The van der Waals surface area contributed by atoms with Crippen LogP contribution in [0.3, 0.4) is 0 Å². The zero-order chi connectivity index (χ0) is 21.2. The summed E-state index contributed by atoms with van der Waals surface area (Å²) >= 11 is 0. The Morgan fingerprint density at radius 1 is 0.897 bits per heavy atom. The average molecular weight is 405 g/mol. The number of nitrogens with zero attached hydrogens (tertiary/aromatic N) is 3. The van der Waals surface area contributed by atoms with E-state index in [2.05, 4.69) is 0 Å². The minimum Gasteiger partial charge on any atom is -0.378 e. The molecule has 160 valence electrons. The predicted octanol–water partition coefficient (Wildman–Crippen LogP) is 1.88. The van der Waals surface area contributed by atoms with Crippen molar-refractivity contribution in [3.63, 3.8) is 0 Å². The van der Waals surface area contributed by atoms with Crippen LogP contribution in [0.25, 0.3) is 0 Å². The molecular formula is C21H32N4O4. The van der Waals surface area contributed by atoms with Crippen LogP contribution in [0.2, 0.25) is 0 Å². The maximum Gasteiger partial charge on any atom is 0.253 e. The monoisotopic (exact) mass is 404 g/mol. The fraction of sp³-hybridized carbons (Fsp3) is 0.571. The van der Waals surface area contributed by atoms with E-state index in [-0.39, 0.29) is 17.7 Å². The fourth-order valence-corrected chi connectivity index (χ4v) is 3.37. The number of carbonyl (C=O) groups excluding carboxylic acids is 3. The van der Waals surface area contributed by atoms with Gasteiger partial charge in [-0.05, 0) is 37.1 Å². The molecule has 0 bridgehead atoms. The average Bonchev–Trinajstić information content (AvgIpc) is 2.75. The molecule has 1 fully saturated rings. The van der Waals surface area contributed by atoms with Crippen molar-refractivity contribution in [3.8, 4) is 0 Å². The largest absolute Gasteiger partial charge is 0.378 e. The number of hydroxylamine groups is 1. The first-order valence-corrected chi connectivity index (χ1v) is 10.2. The Bertz CT molecular complexity index is 682. The summed E-state index contributed by atoms with van der Waals surface area (Å²) < 4.78 is 0. The molecule has 29 heavy (non-hydrogen) atoms. The van der Waals surface area contributed by atoms with Gasteiger partial charge in [0.1, 0.15) is 0 Å². The number of benzene rings is 1. The zero-order valence-electron chi connectivity index (χ0n) is 17.4. The molecule has 0 aliphatic carbocycles. The van der Waals surface area contributed by atoms with Crippen LogP contribution in [0.5, 0.6) is 0 Å². The lowest BCUT2D eigenvalue weighted by Gasteiger charge is -2.35. The molecule has 0 radical (unpaired) electrons. The first kappa shape index (κ1) is 22.7. The van der Waals surface area contributed by atoms with E-state index in [9.17, 15) is 14.4 Å². The van der Waals surface area contributed by atoms with Crippen molar-refractivity contribution in [2.75, 3.05) is 45.2 Å². The van der Waals surface area contributed by atoms with E-state index in [1.165, 1.54) is 0 Å². The minimum atomic E-state index is -0.373. The third-order valence-corrected chi connectivity index (χ3v) is 5.22. The van der Waals surface area contributed by atoms with Crippen molar-refractivity contribution in [2.24, 2.45) is 0 Å². The molecule has 8 heteroatoms. The number of rotatable bonds is 9. The molecular weight excluding hydrogens is 372 g/mol. The Hall–Kier alpha value is -2.61. The van der Waals surface area contributed by atoms with Gasteiger partial charge in [-0.2, -0.15) is 0 Å². The van der Waals surface area contributed by atoms with Crippen molar-refractivity contribution < 1.29 is 19.6 Å². The standard InChI is InChI=1S/C21H32N4O4/c1-23(2)18-11-9-17(10-12-18)21(28)25-15-13-24(14-16-25)20(27)8-6-4-3-5-7-19(26)22-29/h9-12,29H,3-8,13-16H2,1-2H3,(H,22,26). The fourth-order valence-electron chi connectivity index (χ4n) is 3.37. The summed E-state index contributed by atoms with van der Waals surface area (Å²) in [4.78, 5) is 41.6. The van der Waals surface area contributed by atoms with Crippen LogP contribution in [0, 0.1) is 0 Å². The molecule has 0 unspecified atom stereocenters. The number of carbonyl (C=O) groups is 3. The highest BCUT2D eigenvalue weighted by Gasteiger charge is 2.24. The smallest absolute Gasteiger partial charge is 0.253 e. The van der Waals surface area contributed by atoms with Crippen LogP contribution >= 0.6 is 0 Å². The van der Waals surface area contributed by atoms with Gasteiger partial charge in [0, 0.05) is 64.4 Å². The van der Waals surface area contributed by atoms with Crippen molar-refractivity contribution in [1.82, 2.24) is 15.3 Å². The van der Waals surface area contributed by atoms with Gasteiger partial charge in [0.05, 0.1) is 0 Å². The Balaban J connectivity index is 1.68. The highest BCUT2D eigenvalue weighted by molar-refractivity contribution is 5.94. The molecule has 0 atom stereocenters. The highest BCUT2D eigenvalue weighted by Crippen LogP contribution is 2.15. The summed E-state index contributed by atoms with van der Waals surface area (Å²) in [6.45, 7) is 2.24. The minimum absolute atomic E-state index is 0.00863. The van der Waals surface area contributed by atoms with Gasteiger partial charge in [-0.3, -0.25) is 19.6 Å². The van der Waals surface area contributed by atoms with Gasteiger partial charge < -0.3 is 14.7 Å². The van der Waals surface area contributed by atoms with Crippen LogP contribution in [0.1, 0.15) is 48.9 Å². The number of hydrogen-bond acceptors (Lipinski definition) is 5. The van der Waals surface area contributed by atoms with Crippen LogP contribution in [0.15, 0.2) is 24.3 Å². The van der Waals surface area contributed by atoms with Crippen molar-refractivity contribution in [1.29, 1.82) is 0 Å². The second kappa shape index (κ2) is 11.4. The first-order chi connectivity index (χ1) is 13.9. The maximum atomic E-state index is 12.7. The normalized spacial score (nSPS) is 13.9. The van der Waals surface area contributed by atoms with Gasteiger partial charge in [0.2, 0.25) is 11.8 Å². The quantitative estimate of drug-likeness (QED) is 0.372. The molecule has 0 spiro atoms. The number of amides is 3. The number of nitrogens with one attached hydrogen (secondary N) is 1. The SMILES string of the molecule is CN(C)c1ccc(C(=O)N2CCN(C(=O)CCCCCCC(=O)NO)CC2)cc1. The summed E-state index contributed by atoms with van der Waals surface area (Å²) in [6.07, 6.45) is 4.03. The number of anilines is 1. The second-order valence-electron chi connectivity index (χ2n) is 7.56. The maximum absolute atomic E-state index is 12.7.